The molecule has 0 unspecified atom stereocenters. The predicted molar refractivity (Wildman–Crippen MR) is 77.3 cm³/mol. The number of hydrogen-bond acceptors (Lipinski definition) is 4. The first-order valence-electron chi connectivity index (χ1n) is 4.85. The zero-order valence-electron chi connectivity index (χ0n) is 8.29. The fourth-order valence-corrected chi connectivity index (χ4v) is 2.43. The van der Waals surface area contributed by atoms with Gasteiger partial charge in [-0.05, 0) is 28.4 Å². The van der Waals surface area contributed by atoms with Crippen molar-refractivity contribution >= 4 is 64.5 Å². The van der Waals surface area contributed by atoms with Crippen LogP contribution in [0, 0.1) is 0 Å². The van der Waals surface area contributed by atoms with E-state index in [9.17, 15) is 0 Å². The molecule has 3 aromatic rings. The van der Waals surface area contributed by atoms with Gasteiger partial charge in [-0.3, -0.25) is 0 Å². The van der Waals surface area contributed by atoms with Gasteiger partial charge in [0.1, 0.15) is 9.90 Å². The van der Waals surface area contributed by atoms with E-state index in [0.717, 1.165) is 15.5 Å². The van der Waals surface area contributed by atoms with Gasteiger partial charge in [0.25, 0.3) is 0 Å². The van der Waals surface area contributed by atoms with Crippen LogP contribution in [0.25, 0.3) is 22.0 Å². The van der Waals surface area contributed by atoms with Crippen molar-refractivity contribution in [2.24, 2.45) is 0 Å². The van der Waals surface area contributed by atoms with E-state index in [-0.39, 0.29) is 29.6 Å². The Morgan fingerprint density at radius 2 is 1.76 bits per heavy atom. The molecule has 0 amide bonds. The van der Waals surface area contributed by atoms with Crippen LogP contribution in [0.4, 0.5) is 0 Å². The minimum atomic E-state index is 0. The summed E-state index contributed by atoms with van der Waals surface area (Å²) in [6.45, 7) is 0. The van der Waals surface area contributed by atoms with Crippen LogP contribution in [0.2, 0.25) is 0 Å². The molecular weight excluding hydrogens is 259 g/mol. The number of nitrogens with zero attached hydrogens (tertiary/aromatic N) is 2. The topological polar surface area (TPSA) is 25.8 Å². The SMILES string of the molecule is Sc1snnc1-c1ccc2ccccc2c1.[NaH]. The summed E-state index contributed by atoms with van der Waals surface area (Å²) < 4.78 is 4.75. The van der Waals surface area contributed by atoms with Gasteiger partial charge in [-0.1, -0.05) is 40.9 Å². The molecule has 0 atom stereocenters. The molecule has 3 rings (SSSR count). The van der Waals surface area contributed by atoms with Crippen molar-refractivity contribution in [2.45, 2.75) is 4.21 Å². The third-order valence-corrected chi connectivity index (χ3v) is 3.48. The van der Waals surface area contributed by atoms with E-state index < -0.39 is 0 Å². The van der Waals surface area contributed by atoms with E-state index in [1.807, 2.05) is 12.1 Å². The molecule has 5 heteroatoms. The number of hydrogen-bond donors (Lipinski definition) is 1. The van der Waals surface area contributed by atoms with E-state index in [0.29, 0.717) is 0 Å². The van der Waals surface area contributed by atoms with E-state index in [1.54, 1.807) is 0 Å². The molecular formula is C12H9N2NaS2. The average Bonchev–Trinajstić information content (AvgIpc) is 2.75. The van der Waals surface area contributed by atoms with E-state index in [2.05, 4.69) is 52.5 Å². The molecule has 17 heavy (non-hydrogen) atoms. The molecule has 1 aromatic heterocycles. The first-order chi connectivity index (χ1) is 7.84. The van der Waals surface area contributed by atoms with Crippen molar-refractivity contribution in [2.75, 3.05) is 0 Å². The second-order valence-corrected chi connectivity index (χ2v) is 4.99. The minimum absolute atomic E-state index is 0. The zero-order valence-corrected chi connectivity index (χ0v) is 10.0. The molecule has 0 saturated heterocycles. The molecule has 0 bridgehead atoms. The first kappa shape index (κ1) is 13.1. The van der Waals surface area contributed by atoms with Crippen molar-refractivity contribution in [3.8, 4) is 11.3 Å². The molecule has 0 radical (unpaired) electrons. The van der Waals surface area contributed by atoms with E-state index in [1.165, 1.54) is 22.3 Å². The molecule has 0 aliphatic rings. The summed E-state index contributed by atoms with van der Waals surface area (Å²) in [4.78, 5) is 0. The van der Waals surface area contributed by atoms with Crippen LogP contribution in [-0.2, 0) is 0 Å². The summed E-state index contributed by atoms with van der Waals surface area (Å²) in [6.07, 6.45) is 0. The summed E-state index contributed by atoms with van der Waals surface area (Å²) in [6, 6.07) is 14.5. The zero-order chi connectivity index (χ0) is 11.0. The quantitative estimate of drug-likeness (QED) is 0.542. The molecule has 0 spiro atoms. The second-order valence-electron chi connectivity index (χ2n) is 3.49. The normalized spacial score (nSPS) is 10.2. The number of fused-ring (bicyclic) bond motifs is 1. The van der Waals surface area contributed by atoms with Crippen LogP contribution in [0.5, 0.6) is 0 Å². The maximum absolute atomic E-state index is 4.35. The monoisotopic (exact) mass is 268 g/mol. The molecule has 2 nitrogen and oxygen atoms in total. The Morgan fingerprint density at radius 1 is 1.00 bits per heavy atom. The van der Waals surface area contributed by atoms with Gasteiger partial charge in [-0.25, -0.2) is 0 Å². The average molecular weight is 268 g/mol. The van der Waals surface area contributed by atoms with Crippen molar-refractivity contribution in [1.82, 2.24) is 9.59 Å². The van der Waals surface area contributed by atoms with Crippen LogP contribution >= 0.6 is 24.2 Å². The van der Waals surface area contributed by atoms with Crippen molar-refractivity contribution < 1.29 is 0 Å². The number of aromatic nitrogens is 2. The molecule has 0 aliphatic carbocycles. The molecule has 2 aromatic carbocycles. The van der Waals surface area contributed by atoms with Gasteiger partial charge in [0.2, 0.25) is 0 Å². The first-order valence-corrected chi connectivity index (χ1v) is 6.07. The Hall–Kier alpha value is -0.390. The Balaban J connectivity index is 0.00000108. The number of thiol groups is 1. The molecule has 1 heterocycles. The van der Waals surface area contributed by atoms with Crippen molar-refractivity contribution in [3.63, 3.8) is 0 Å². The van der Waals surface area contributed by atoms with Gasteiger partial charge >= 0.3 is 29.6 Å². The Bertz CT molecular complexity index is 652. The Kier molecular flexibility index (Phi) is 4.22. The molecule has 0 N–H and O–H groups in total. The third-order valence-electron chi connectivity index (χ3n) is 2.49. The van der Waals surface area contributed by atoms with Gasteiger partial charge in [-0.15, -0.1) is 17.7 Å². The van der Waals surface area contributed by atoms with Gasteiger partial charge in [0.05, 0.1) is 0 Å². The standard InChI is InChI=1S/C12H8N2S2.Na.H/c15-12-11(13-14-16-12)10-6-5-8-3-1-2-4-9(8)7-10;;/h1-7,15H;;. The summed E-state index contributed by atoms with van der Waals surface area (Å²) in [5, 5.41) is 6.53. The fourth-order valence-electron chi connectivity index (χ4n) is 1.70. The Labute approximate surface area is 131 Å². The van der Waals surface area contributed by atoms with Crippen LogP contribution in [0.15, 0.2) is 46.7 Å². The van der Waals surface area contributed by atoms with Crippen molar-refractivity contribution in [1.29, 1.82) is 0 Å². The van der Waals surface area contributed by atoms with Gasteiger partial charge in [-0.2, -0.15) is 0 Å². The van der Waals surface area contributed by atoms with Gasteiger partial charge in [0, 0.05) is 5.56 Å². The summed E-state index contributed by atoms with van der Waals surface area (Å²) in [5.74, 6) is 0. The molecule has 0 fully saturated rings. The van der Waals surface area contributed by atoms with Crippen LogP contribution in [-0.4, -0.2) is 39.1 Å². The molecule has 80 valence electrons. The van der Waals surface area contributed by atoms with Crippen LogP contribution < -0.4 is 0 Å². The summed E-state index contributed by atoms with van der Waals surface area (Å²) >= 11 is 5.66. The maximum atomic E-state index is 4.35. The molecule has 0 saturated carbocycles. The molecule has 0 aliphatic heterocycles. The fraction of sp³-hybridized carbons (Fsp3) is 0. The van der Waals surface area contributed by atoms with E-state index in [4.69, 9.17) is 0 Å². The second kappa shape index (κ2) is 5.50. The summed E-state index contributed by atoms with van der Waals surface area (Å²) in [5.41, 5.74) is 1.93. The number of rotatable bonds is 1. The third kappa shape index (κ3) is 2.56. The predicted octanol–water partition coefficient (Wildman–Crippen LogP) is 3.00. The van der Waals surface area contributed by atoms with E-state index >= 15 is 0 Å². The van der Waals surface area contributed by atoms with Crippen LogP contribution in [0.3, 0.4) is 0 Å². The van der Waals surface area contributed by atoms with Crippen molar-refractivity contribution in [3.05, 3.63) is 42.5 Å². The Morgan fingerprint density at radius 3 is 2.47 bits per heavy atom. The van der Waals surface area contributed by atoms with Gasteiger partial charge < -0.3 is 0 Å². The number of benzene rings is 2. The van der Waals surface area contributed by atoms with Crippen LogP contribution in [0.1, 0.15) is 0 Å². The summed E-state index contributed by atoms with van der Waals surface area (Å²) in [7, 11) is 0. The van der Waals surface area contributed by atoms with Gasteiger partial charge in [0.15, 0.2) is 0 Å².